The Morgan fingerprint density at radius 1 is 1.10 bits per heavy atom. The number of hydrogen-bond donors (Lipinski definition) is 0. The first-order chi connectivity index (χ1) is 4.57. The van der Waals surface area contributed by atoms with Gasteiger partial charge in [-0.2, -0.15) is 0 Å². The summed E-state index contributed by atoms with van der Waals surface area (Å²) in [7, 11) is 0.190. The molecule has 0 radical (unpaired) electrons. The minimum absolute atomic E-state index is 0.190. The molecule has 1 heteroatoms. The van der Waals surface area contributed by atoms with Gasteiger partial charge in [0, 0.05) is 0 Å². The molecule has 0 bridgehead atoms. The van der Waals surface area contributed by atoms with E-state index in [-0.39, 0.29) is 9.52 Å². The van der Waals surface area contributed by atoms with E-state index in [0.29, 0.717) is 5.04 Å². The molecule has 0 aromatic carbocycles. The average Bonchev–Trinajstić information content (AvgIpc) is 2.54. The van der Waals surface area contributed by atoms with Crippen LogP contribution in [0.3, 0.4) is 0 Å². The Hall–Kier alpha value is -0.303. The molecular weight excluding hydrogens is 136 g/mol. The molecule has 1 fully saturated rings. The van der Waals surface area contributed by atoms with Crippen LogP contribution in [0.15, 0.2) is 21.9 Å². The van der Waals surface area contributed by atoms with Crippen LogP contribution in [0, 0.1) is 0 Å². The first-order valence-electron chi connectivity index (χ1n) is 3.96. The number of rotatable bonds is 0. The lowest BCUT2D eigenvalue weighted by Gasteiger charge is -2.06. The normalized spacial score (nSPS) is 39.6. The van der Waals surface area contributed by atoms with Gasteiger partial charge in [0.1, 0.15) is 0 Å². The summed E-state index contributed by atoms with van der Waals surface area (Å²) in [4.78, 5) is 0. The standard InChI is InChI=1S/C9H14Si/c1-5-6(2)8-9(4,10-8)7(5)3/h10H2,1-4H3. The van der Waals surface area contributed by atoms with Gasteiger partial charge in [0.2, 0.25) is 0 Å². The molecule has 0 amide bonds. The van der Waals surface area contributed by atoms with Gasteiger partial charge in [0.25, 0.3) is 0 Å². The third-order valence-corrected chi connectivity index (χ3v) is 6.31. The highest BCUT2D eigenvalue weighted by Gasteiger charge is 2.51. The van der Waals surface area contributed by atoms with Crippen molar-refractivity contribution in [3.63, 3.8) is 0 Å². The average molecular weight is 150 g/mol. The summed E-state index contributed by atoms with van der Waals surface area (Å²) in [6.45, 7) is 9.29. The lowest BCUT2D eigenvalue weighted by molar-refractivity contribution is 0.961. The zero-order valence-electron chi connectivity index (χ0n) is 7.21. The summed E-state index contributed by atoms with van der Waals surface area (Å²) in [6.07, 6.45) is 0. The first kappa shape index (κ1) is 6.41. The maximum Gasteiger partial charge on any atom is 0.0660 e. The fourth-order valence-electron chi connectivity index (χ4n) is 2.14. The molecule has 2 rings (SSSR count). The van der Waals surface area contributed by atoms with Gasteiger partial charge in [-0.1, -0.05) is 23.3 Å². The molecule has 0 N–H and O–H groups in total. The van der Waals surface area contributed by atoms with E-state index in [1.165, 1.54) is 0 Å². The predicted octanol–water partition coefficient (Wildman–Crippen LogP) is 1.97. The molecule has 10 heavy (non-hydrogen) atoms. The van der Waals surface area contributed by atoms with Crippen molar-refractivity contribution in [3.8, 4) is 0 Å². The van der Waals surface area contributed by atoms with Crippen LogP contribution >= 0.6 is 0 Å². The summed E-state index contributed by atoms with van der Waals surface area (Å²) in [5.74, 6) is 0. The number of hydrogen-bond acceptors (Lipinski definition) is 0. The van der Waals surface area contributed by atoms with E-state index < -0.39 is 0 Å². The van der Waals surface area contributed by atoms with Gasteiger partial charge < -0.3 is 0 Å². The largest absolute Gasteiger partial charge is 0.0767 e. The van der Waals surface area contributed by atoms with Gasteiger partial charge in [-0.25, -0.2) is 0 Å². The van der Waals surface area contributed by atoms with E-state index >= 15 is 0 Å². The second-order valence-corrected chi connectivity index (χ2v) is 6.34. The van der Waals surface area contributed by atoms with E-state index in [1.807, 2.05) is 5.20 Å². The zero-order valence-corrected chi connectivity index (χ0v) is 8.62. The molecule has 0 aromatic rings. The molecular formula is C9H14Si. The van der Waals surface area contributed by atoms with Gasteiger partial charge in [-0.05, 0) is 31.4 Å². The van der Waals surface area contributed by atoms with Crippen molar-refractivity contribution in [2.75, 3.05) is 0 Å². The van der Waals surface area contributed by atoms with Crippen LogP contribution in [-0.4, -0.2) is 9.52 Å². The minimum Gasteiger partial charge on any atom is -0.0767 e. The van der Waals surface area contributed by atoms with Crippen molar-refractivity contribution in [1.82, 2.24) is 0 Å². The zero-order chi connectivity index (χ0) is 7.52. The highest BCUT2D eigenvalue weighted by Crippen LogP contribution is 2.63. The molecule has 1 aliphatic heterocycles. The molecule has 1 unspecified atom stereocenters. The monoisotopic (exact) mass is 150 g/mol. The van der Waals surface area contributed by atoms with Gasteiger partial charge in [-0.15, -0.1) is 0 Å². The topological polar surface area (TPSA) is 0 Å². The van der Waals surface area contributed by atoms with Crippen LogP contribution in [-0.2, 0) is 0 Å². The van der Waals surface area contributed by atoms with Crippen LogP contribution in [0.4, 0.5) is 0 Å². The smallest absolute Gasteiger partial charge is 0.0660 e. The van der Waals surface area contributed by atoms with Gasteiger partial charge >= 0.3 is 0 Å². The lowest BCUT2D eigenvalue weighted by atomic mass is 10.0. The van der Waals surface area contributed by atoms with Crippen molar-refractivity contribution in [2.45, 2.75) is 32.7 Å². The number of allylic oxidation sites excluding steroid dienone is 4. The third-order valence-electron chi connectivity index (χ3n) is 3.48. The summed E-state index contributed by atoms with van der Waals surface area (Å²) in [5, 5.41) is 2.50. The van der Waals surface area contributed by atoms with E-state index in [2.05, 4.69) is 27.7 Å². The van der Waals surface area contributed by atoms with Gasteiger partial charge in [-0.3, -0.25) is 0 Å². The van der Waals surface area contributed by atoms with E-state index in [4.69, 9.17) is 0 Å². The molecule has 0 spiro atoms. The van der Waals surface area contributed by atoms with Crippen molar-refractivity contribution in [2.24, 2.45) is 0 Å². The molecule has 1 saturated heterocycles. The van der Waals surface area contributed by atoms with Crippen LogP contribution in [0.2, 0.25) is 5.04 Å². The van der Waals surface area contributed by atoms with E-state index in [1.54, 1.807) is 16.7 Å². The molecule has 2 aliphatic rings. The van der Waals surface area contributed by atoms with Crippen LogP contribution in [0.1, 0.15) is 27.7 Å². The quantitative estimate of drug-likeness (QED) is 0.463. The Morgan fingerprint density at radius 3 is 1.90 bits per heavy atom. The summed E-state index contributed by atoms with van der Waals surface area (Å²) >= 11 is 0. The van der Waals surface area contributed by atoms with Crippen LogP contribution in [0.5, 0.6) is 0 Å². The summed E-state index contributed by atoms with van der Waals surface area (Å²) in [6, 6.07) is 0. The maximum absolute atomic E-state index is 2.42. The minimum atomic E-state index is 0.190. The van der Waals surface area contributed by atoms with E-state index in [9.17, 15) is 0 Å². The van der Waals surface area contributed by atoms with E-state index in [0.717, 1.165) is 0 Å². The first-order valence-corrected chi connectivity index (χ1v) is 5.37. The Morgan fingerprint density at radius 2 is 1.70 bits per heavy atom. The predicted molar refractivity (Wildman–Crippen MR) is 48.0 cm³/mol. The van der Waals surface area contributed by atoms with Crippen LogP contribution < -0.4 is 0 Å². The molecule has 54 valence electrons. The van der Waals surface area contributed by atoms with Crippen molar-refractivity contribution in [1.29, 1.82) is 0 Å². The fraction of sp³-hybridized carbons (Fsp3) is 0.556. The maximum atomic E-state index is 2.42. The molecule has 0 saturated carbocycles. The second-order valence-electron chi connectivity index (χ2n) is 3.86. The van der Waals surface area contributed by atoms with Crippen molar-refractivity contribution in [3.05, 3.63) is 21.9 Å². The highest BCUT2D eigenvalue weighted by atomic mass is 28.2. The SMILES string of the molecule is CC1=C(C)C2(C)[SiH2]C2=C1C. The summed E-state index contributed by atoms with van der Waals surface area (Å²) < 4.78 is 0. The summed E-state index contributed by atoms with van der Waals surface area (Å²) in [5.41, 5.74) is 4.88. The Kier molecular flexibility index (Phi) is 0.945. The molecule has 0 aromatic heterocycles. The number of fused-ring (bicyclic) bond motifs is 1. The third kappa shape index (κ3) is 0.484. The molecule has 1 aliphatic carbocycles. The lowest BCUT2D eigenvalue weighted by Crippen LogP contribution is -1.90. The van der Waals surface area contributed by atoms with Crippen molar-refractivity contribution >= 4 is 9.52 Å². The Bertz CT molecular complexity index is 268. The van der Waals surface area contributed by atoms with Gasteiger partial charge in [0.15, 0.2) is 0 Å². The van der Waals surface area contributed by atoms with Gasteiger partial charge in [0.05, 0.1) is 9.52 Å². The molecule has 0 nitrogen and oxygen atoms in total. The fourth-order valence-corrected chi connectivity index (χ4v) is 4.35. The molecule has 1 atom stereocenters. The second kappa shape index (κ2) is 1.47. The molecule has 1 heterocycles. The Labute approximate surface area is 64.8 Å². The van der Waals surface area contributed by atoms with Crippen LogP contribution in [0.25, 0.3) is 0 Å². The highest BCUT2D eigenvalue weighted by molar-refractivity contribution is 6.69. The Balaban J connectivity index is 2.57. The van der Waals surface area contributed by atoms with Crippen molar-refractivity contribution < 1.29 is 0 Å².